The third-order valence-corrected chi connectivity index (χ3v) is 5.77. The van der Waals surface area contributed by atoms with E-state index in [1.807, 2.05) is 0 Å². The van der Waals surface area contributed by atoms with Crippen LogP contribution in [0.5, 0.6) is 0 Å². The fraction of sp³-hybridized carbons (Fsp3) is 0.200. The highest BCUT2D eigenvalue weighted by atomic mass is 35.5. The molecule has 2 rings (SSSR count). The summed E-state index contributed by atoms with van der Waals surface area (Å²) in [6.45, 7) is 1.63. The van der Waals surface area contributed by atoms with Gasteiger partial charge < -0.3 is 0 Å². The van der Waals surface area contributed by atoms with Gasteiger partial charge in [-0.25, -0.2) is 8.42 Å². The first-order chi connectivity index (χ1) is 9.45. The number of hydrogen-bond acceptors (Lipinski definition) is 2. The Balaban J connectivity index is 2.63. The van der Waals surface area contributed by atoms with Crippen molar-refractivity contribution in [2.75, 3.05) is 5.75 Å². The van der Waals surface area contributed by atoms with Gasteiger partial charge in [-0.15, -0.1) is 0 Å². The van der Waals surface area contributed by atoms with E-state index in [9.17, 15) is 8.42 Å². The molecule has 2 aromatic rings. The second kappa shape index (κ2) is 6.17. The number of benzene rings is 2. The van der Waals surface area contributed by atoms with Crippen molar-refractivity contribution in [3.8, 4) is 0 Å². The van der Waals surface area contributed by atoms with Crippen molar-refractivity contribution in [3.63, 3.8) is 0 Å². The minimum absolute atomic E-state index is 0.0471. The molecule has 0 fully saturated rings. The molecule has 0 aliphatic heterocycles. The maximum atomic E-state index is 12.4. The predicted octanol–water partition coefficient (Wildman–Crippen LogP) is 4.52. The van der Waals surface area contributed by atoms with Crippen LogP contribution < -0.4 is 0 Å². The molecule has 0 saturated heterocycles. The van der Waals surface area contributed by atoms with Crippen molar-refractivity contribution in [1.29, 1.82) is 0 Å². The SMILES string of the molecule is CCS(=O)(=O)C(c1ccc(Cl)cc1)c1ccccc1Cl. The standard InChI is InChI=1S/C15H14Cl2O2S/c1-2-20(18,19)15(11-7-9-12(16)10-8-11)13-5-3-4-6-14(13)17/h3-10,15H,2H2,1H3. The summed E-state index contributed by atoms with van der Waals surface area (Å²) in [5.41, 5.74) is 1.27. The lowest BCUT2D eigenvalue weighted by molar-refractivity contribution is 0.590. The molecule has 0 N–H and O–H groups in total. The molecule has 0 amide bonds. The van der Waals surface area contributed by atoms with Crippen molar-refractivity contribution < 1.29 is 8.42 Å². The summed E-state index contributed by atoms with van der Waals surface area (Å²) < 4.78 is 24.9. The van der Waals surface area contributed by atoms with E-state index >= 15 is 0 Å². The fourth-order valence-electron chi connectivity index (χ4n) is 2.07. The Morgan fingerprint density at radius 2 is 1.60 bits per heavy atom. The molecule has 0 radical (unpaired) electrons. The van der Waals surface area contributed by atoms with Gasteiger partial charge in [0.1, 0.15) is 5.25 Å². The minimum Gasteiger partial charge on any atom is -0.228 e. The van der Waals surface area contributed by atoms with Crippen molar-refractivity contribution >= 4 is 33.0 Å². The zero-order valence-electron chi connectivity index (χ0n) is 10.9. The summed E-state index contributed by atoms with van der Waals surface area (Å²) in [7, 11) is -3.33. The van der Waals surface area contributed by atoms with Crippen molar-refractivity contribution in [3.05, 3.63) is 69.7 Å². The van der Waals surface area contributed by atoms with Crippen molar-refractivity contribution in [1.82, 2.24) is 0 Å². The fourth-order valence-corrected chi connectivity index (χ4v) is 4.01. The van der Waals surface area contributed by atoms with Gasteiger partial charge in [-0.05, 0) is 29.3 Å². The average Bonchev–Trinajstić information content (AvgIpc) is 2.43. The molecule has 0 heterocycles. The van der Waals surface area contributed by atoms with Gasteiger partial charge in [0.25, 0.3) is 0 Å². The van der Waals surface area contributed by atoms with Gasteiger partial charge in [-0.2, -0.15) is 0 Å². The highest BCUT2D eigenvalue weighted by Gasteiger charge is 2.29. The molecule has 2 aromatic carbocycles. The molecule has 20 heavy (non-hydrogen) atoms. The van der Waals surface area contributed by atoms with E-state index < -0.39 is 15.1 Å². The third kappa shape index (κ3) is 3.17. The Bertz CT molecular complexity index is 694. The second-order valence-corrected chi connectivity index (χ2v) is 7.62. The highest BCUT2D eigenvalue weighted by molar-refractivity contribution is 7.91. The Morgan fingerprint density at radius 3 is 2.15 bits per heavy atom. The Hall–Kier alpha value is -1.03. The number of sulfone groups is 1. The molecule has 2 nitrogen and oxygen atoms in total. The van der Waals surface area contributed by atoms with Crippen molar-refractivity contribution in [2.45, 2.75) is 12.2 Å². The quantitative estimate of drug-likeness (QED) is 0.826. The predicted molar refractivity (Wildman–Crippen MR) is 84.2 cm³/mol. The van der Waals surface area contributed by atoms with Crippen LogP contribution in [0.1, 0.15) is 23.3 Å². The molecule has 0 saturated carbocycles. The molecule has 0 aliphatic carbocycles. The van der Waals surface area contributed by atoms with E-state index in [0.29, 0.717) is 21.2 Å². The molecule has 0 aromatic heterocycles. The Labute approximate surface area is 129 Å². The van der Waals surface area contributed by atoms with E-state index in [0.717, 1.165) is 0 Å². The average molecular weight is 329 g/mol. The molecule has 5 heteroatoms. The van der Waals surface area contributed by atoms with Gasteiger partial charge in [-0.3, -0.25) is 0 Å². The van der Waals surface area contributed by atoms with Crippen LogP contribution in [-0.4, -0.2) is 14.2 Å². The van der Waals surface area contributed by atoms with E-state index in [1.54, 1.807) is 55.5 Å². The molecule has 0 spiro atoms. The lowest BCUT2D eigenvalue weighted by Crippen LogP contribution is -2.17. The topological polar surface area (TPSA) is 34.1 Å². The second-order valence-electron chi connectivity index (χ2n) is 4.40. The molecule has 106 valence electrons. The van der Waals surface area contributed by atoms with Crippen LogP contribution in [-0.2, 0) is 9.84 Å². The largest absolute Gasteiger partial charge is 0.228 e. The number of halogens is 2. The summed E-state index contributed by atoms with van der Waals surface area (Å²) in [5, 5.41) is 0.253. The van der Waals surface area contributed by atoms with Gasteiger partial charge in [0.05, 0.1) is 0 Å². The first-order valence-electron chi connectivity index (χ1n) is 6.17. The zero-order chi connectivity index (χ0) is 14.8. The van der Waals surface area contributed by atoms with Crippen LogP contribution in [0.25, 0.3) is 0 Å². The lowest BCUT2D eigenvalue weighted by atomic mass is 10.0. The summed E-state index contributed by atoms with van der Waals surface area (Å²) in [6.07, 6.45) is 0. The summed E-state index contributed by atoms with van der Waals surface area (Å²) in [6, 6.07) is 13.8. The Morgan fingerprint density at radius 1 is 1.00 bits per heavy atom. The minimum atomic E-state index is -3.33. The number of hydrogen-bond donors (Lipinski definition) is 0. The maximum Gasteiger partial charge on any atom is 0.161 e. The van der Waals surface area contributed by atoms with E-state index in [2.05, 4.69) is 0 Å². The molecule has 0 bridgehead atoms. The summed E-state index contributed by atoms with van der Waals surface area (Å²) in [4.78, 5) is 0. The molecule has 1 atom stereocenters. The zero-order valence-corrected chi connectivity index (χ0v) is 13.2. The molecule has 1 unspecified atom stereocenters. The van der Waals surface area contributed by atoms with Crippen LogP contribution in [0.2, 0.25) is 10.0 Å². The van der Waals surface area contributed by atoms with Gasteiger partial charge >= 0.3 is 0 Å². The van der Waals surface area contributed by atoms with E-state index in [4.69, 9.17) is 23.2 Å². The third-order valence-electron chi connectivity index (χ3n) is 3.12. The van der Waals surface area contributed by atoms with Crippen molar-refractivity contribution in [2.24, 2.45) is 0 Å². The monoisotopic (exact) mass is 328 g/mol. The molecular formula is C15H14Cl2O2S. The van der Waals surface area contributed by atoms with Crippen LogP contribution >= 0.6 is 23.2 Å². The first-order valence-corrected chi connectivity index (χ1v) is 8.64. The summed E-state index contributed by atoms with van der Waals surface area (Å²) >= 11 is 12.0. The lowest BCUT2D eigenvalue weighted by Gasteiger charge is -2.19. The van der Waals surface area contributed by atoms with E-state index in [1.165, 1.54) is 0 Å². The van der Waals surface area contributed by atoms with Gasteiger partial charge in [-0.1, -0.05) is 60.5 Å². The highest BCUT2D eigenvalue weighted by Crippen LogP contribution is 2.35. The van der Waals surface area contributed by atoms with E-state index in [-0.39, 0.29) is 5.75 Å². The van der Waals surface area contributed by atoms with Crippen LogP contribution in [0, 0.1) is 0 Å². The van der Waals surface area contributed by atoms with Gasteiger partial charge in [0, 0.05) is 15.8 Å². The molecule has 0 aliphatic rings. The molecular weight excluding hydrogens is 315 g/mol. The summed E-state index contributed by atoms with van der Waals surface area (Å²) in [5.74, 6) is 0.0471. The van der Waals surface area contributed by atoms with Crippen LogP contribution in [0.3, 0.4) is 0 Å². The normalized spacial score (nSPS) is 13.2. The number of rotatable bonds is 4. The first kappa shape index (κ1) is 15.4. The van der Waals surface area contributed by atoms with Crippen LogP contribution in [0.4, 0.5) is 0 Å². The van der Waals surface area contributed by atoms with Gasteiger partial charge in [0.2, 0.25) is 0 Å². The van der Waals surface area contributed by atoms with Gasteiger partial charge in [0.15, 0.2) is 9.84 Å². The van der Waals surface area contributed by atoms with Crippen LogP contribution in [0.15, 0.2) is 48.5 Å². The Kier molecular flexibility index (Phi) is 4.74. The smallest absolute Gasteiger partial charge is 0.161 e. The maximum absolute atomic E-state index is 12.4.